The first-order valence-electron chi connectivity index (χ1n) is 3.72. The van der Waals surface area contributed by atoms with Gasteiger partial charge in [0.25, 0.3) is 0 Å². The van der Waals surface area contributed by atoms with Crippen LogP contribution in [0.15, 0.2) is 23.3 Å². The summed E-state index contributed by atoms with van der Waals surface area (Å²) in [6, 6.07) is 4.71. The van der Waals surface area contributed by atoms with Crippen LogP contribution in [0.25, 0.3) is 0 Å². The molecule has 1 aromatic carbocycles. The smallest absolute Gasteiger partial charge is 0.167 e. The van der Waals surface area contributed by atoms with Gasteiger partial charge in [-0.15, -0.1) is 0 Å². The highest BCUT2D eigenvalue weighted by Gasteiger charge is 2.08. The van der Waals surface area contributed by atoms with Crippen molar-refractivity contribution in [1.82, 2.24) is 5.43 Å². The lowest BCUT2D eigenvalue weighted by Crippen LogP contribution is -2.32. The van der Waals surface area contributed by atoms with Gasteiger partial charge in [0.15, 0.2) is 12.1 Å². The fraction of sp³-hybridized carbons (Fsp3) is 0. The van der Waals surface area contributed by atoms with E-state index in [2.05, 4.69) is 10.5 Å². The molecule has 0 bridgehead atoms. The molecule has 1 aromatic rings. The summed E-state index contributed by atoms with van der Waals surface area (Å²) in [6.45, 7) is 0. The van der Waals surface area contributed by atoms with Crippen LogP contribution in [-0.4, -0.2) is 12.1 Å². The molecule has 5 N–H and O–H groups in total. The molecular formula is C8H9ClN4O. The molecular weight excluding hydrogens is 204 g/mol. The minimum absolute atomic E-state index is 0.203. The minimum atomic E-state index is 0.203. The number of nitrogens with zero attached hydrogens (tertiary/aromatic N) is 1. The van der Waals surface area contributed by atoms with Gasteiger partial charge in [-0.2, -0.15) is 5.10 Å². The molecule has 0 saturated carbocycles. The monoisotopic (exact) mass is 212 g/mol. The molecule has 14 heavy (non-hydrogen) atoms. The summed E-state index contributed by atoms with van der Waals surface area (Å²) in [7, 11) is 0. The van der Waals surface area contributed by atoms with Crippen LogP contribution in [0.1, 0.15) is 15.9 Å². The lowest BCUT2D eigenvalue weighted by molar-refractivity contribution is 0.112. The number of carbonyl (C=O) groups excluding carboxylic acids is 1. The van der Waals surface area contributed by atoms with Gasteiger partial charge in [0.2, 0.25) is 0 Å². The third-order valence-corrected chi connectivity index (χ3v) is 1.90. The highest BCUT2D eigenvalue weighted by atomic mass is 35.5. The second kappa shape index (κ2) is 4.59. The molecule has 0 fully saturated rings. The highest BCUT2D eigenvalue weighted by Crippen LogP contribution is 2.14. The van der Waals surface area contributed by atoms with E-state index in [4.69, 9.17) is 23.3 Å². The maximum atomic E-state index is 10.7. The Hall–Kier alpha value is -1.59. The summed E-state index contributed by atoms with van der Waals surface area (Å²) in [4.78, 5) is 10.7. The lowest BCUT2D eigenvalue weighted by Gasteiger charge is -2.06. The van der Waals surface area contributed by atoms with Crippen LogP contribution in [0.3, 0.4) is 0 Å². The van der Waals surface area contributed by atoms with E-state index in [-0.39, 0.29) is 5.84 Å². The number of halogens is 1. The van der Waals surface area contributed by atoms with Crippen LogP contribution in [0, 0.1) is 0 Å². The van der Waals surface area contributed by atoms with E-state index in [1.54, 1.807) is 18.2 Å². The quantitative estimate of drug-likeness (QED) is 0.215. The average Bonchev–Trinajstić information content (AvgIpc) is 2.20. The van der Waals surface area contributed by atoms with E-state index in [0.717, 1.165) is 0 Å². The van der Waals surface area contributed by atoms with Crippen molar-refractivity contribution < 1.29 is 4.79 Å². The number of aldehydes is 1. The summed E-state index contributed by atoms with van der Waals surface area (Å²) < 4.78 is 0. The third-order valence-electron chi connectivity index (χ3n) is 1.66. The van der Waals surface area contributed by atoms with Gasteiger partial charge in [-0.25, -0.2) is 5.84 Å². The molecule has 0 saturated heterocycles. The zero-order chi connectivity index (χ0) is 10.6. The van der Waals surface area contributed by atoms with Crippen LogP contribution in [0.5, 0.6) is 0 Å². The maximum absolute atomic E-state index is 10.7. The predicted molar refractivity (Wildman–Crippen MR) is 54.9 cm³/mol. The molecule has 1 rings (SSSR count). The van der Waals surface area contributed by atoms with Crippen molar-refractivity contribution in [2.24, 2.45) is 16.8 Å². The van der Waals surface area contributed by atoms with Gasteiger partial charge < -0.3 is 11.3 Å². The van der Waals surface area contributed by atoms with Crippen molar-refractivity contribution in [2.75, 3.05) is 0 Å². The number of benzene rings is 1. The topological polar surface area (TPSA) is 93.5 Å². The Labute approximate surface area is 85.7 Å². The van der Waals surface area contributed by atoms with Gasteiger partial charge in [0.05, 0.1) is 0 Å². The first-order valence-corrected chi connectivity index (χ1v) is 4.10. The fourth-order valence-corrected chi connectivity index (χ4v) is 1.19. The summed E-state index contributed by atoms with van der Waals surface area (Å²) >= 11 is 5.75. The van der Waals surface area contributed by atoms with Crippen LogP contribution in [-0.2, 0) is 0 Å². The molecule has 0 aromatic heterocycles. The van der Waals surface area contributed by atoms with Crippen LogP contribution in [0.2, 0.25) is 5.02 Å². The number of rotatable bonds is 2. The Morgan fingerprint density at radius 3 is 2.79 bits per heavy atom. The number of hydrogen-bond acceptors (Lipinski definition) is 4. The van der Waals surface area contributed by atoms with E-state index >= 15 is 0 Å². The molecule has 74 valence electrons. The van der Waals surface area contributed by atoms with Crippen molar-refractivity contribution >= 4 is 23.7 Å². The SMILES string of the molecule is N/N=C(\NN)c1cc(Cl)ccc1C=O. The predicted octanol–water partition coefficient (Wildman–Crippen LogP) is 0.236. The standard InChI is InChI=1S/C8H9ClN4O/c9-6-2-1-5(4-14)7(3-6)8(12-10)13-11/h1-4H,10-11H2,(H,12,13). The van der Waals surface area contributed by atoms with Gasteiger partial charge in [-0.05, 0) is 18.2 Å². The average molecular weight is 213 g/mol. The molecule has 0 spiro atoms. The van der Waals surface area contributed by atoms with Crippen molar-refractivity contribution in [3.05, 3.63) is 34.3 Å². The zero-order valence-electron chi connectivity index (χ0n) is 7.20. The number of hydrazine groups is 1. The molecule has 0 radical (unpaired) electrons. The van der Waals surface area contributed by atoms with Crippen molar-refractivity contribution in [3.63, 3.8) is 0 Å². The van der Waals surface area contributed by atoms with E-state index < -0.39 is 0 Å². The Kier molecular flexibility index (Phi) is 3.44. The Bertz CT molecular complexity index is 378. The number of hydrogen-bond donors (Lipinski definition) is 3. The molecule has 0 aliphatic heterocycles. The summed E-state index contributed by atoms with van der Waals surface area (Å²) in [5.74, 6) is 10.4. The second-order valence-electron chi connectivity index (χ2n) is 2.47. The molecule has 0 unspecified atom stereocenters. The van der Waals surface area contributed by atoms with Gasteiger partial charge >= 0.3 is 0 Å². The first-order chi connectivity index (χ1) is 6.72. The summed E-state index contributed by atoms with van der Waals surface area (Å²) in [5.41, 5.74) is 3.16. The Morgan fingerprint density at radius 2 is 2.29 bits per heavy atom. The van der Waals surface area contributed by atoms with E-state index in [1.807, 2.05) is 0 Å². The maximum Gasteiger partial charge on any atom is 0.167 e. The minimum Gasteiger partial charge on any atom is -0.321 e. The molecule has 0 aliphatic rings. The zero-order valence-corrected chi connectivity index (χ0v) is 7.95. The first kappa shape index (κ1) is 10.5. The fourth-order valence-electron chi connectivity index (χ4n) is 1.02. The number of nitrogens with one attached hydrogen (secondary N) is 1. The molecule has 0 aliphatic carbocycles. The number of carbonyl (C=O) groups is 1. The van der Waals surface area contributed by atoms with Gasteiger partial charge in [-0.3, -0.25) is 4.79 Å². The van der Waals surface area contributed by atoms with Crippen molar-refractivity contribution in [3.8, 4) is 0 Å². The van der Waals surface area contributed by atoms with Crippen molar-refractivity contribution in [2.45, 2.75) is 0 Å². The van der Waals surface area contributed by atoms with Crippen LogP contribution >= 0.6 is 11.6 Å². The highest BCUT2D eigenvalue weighted by molar-refractivity contribution is 6.31. The molecule has 6 heteroatoms. The summed E-state index contributed by atoms with van der Waals surface area (Å²) in [6.07, 6.45) is 0.675. The van der Waals surface area contributed by atoms with E-state index in [0.29, 0.717) is 22.4 Å². The number of hydrazone groups is 1. The Morgan fingerprint density at radius 1 is 1.57 bits per heavy atom. The van der Waals surface area contributed by atoms with E-state index in [1.165, 1.54) is 0 Å². The van der Waals surface area contributed by atoms with Gasteiger partial charge in [0.1, 0.15) is 0 Å². The van der Waals surface area contributed by atoms with Gasteiger partial charge in [-0.1, -0.05) is 11.6 Å². The largest absolute Gasteiger partial charge is 0.321 e. The second-order valence-corrected chi connectivity index (χ2v) is 2.91. The molecule has 0 heterocycles. The number of nitrogens with two attached hydrogens (primary N) is 2. The normalized spacial score (nSPS) is 11.1. The third kappa shape index (κ3) is 2.01. The Balaban J connectivity index is 3.29. The summed E-state index contributed by atoms with van der Waals surface area (Å²) in [5, 5.41) is 3.86. The molecule has 0 atom stereocenters. The number of amidine groups is 1. The van der Waals surface area contributed by atoms with E-state index in [9.17, 15) is 4.79 Å². The molecule has 5 nitrogen and oxygen atoms in total. The van der Waals surface area contributed by atoms with Crippen LogP contribution < -0.4 is 17.1 Å². The van der Waals surface area contributed by atoms with Crippen molar-refractivity contribution in [1.29, 1.82) is 0 Å². The van der Waals surface area contributed by atoms with Crippen LogP contribution in [0.4, 0.5) is 0 Å². The van der Waals surface area contributed by atoms with Gasteiger partial charge in [0, 0.05) is 16.1 Å². The molecule has 0 amide bonds. The lowest BCUT2D eigenvalue weighted by atomic mass is 10.1.